The van der Waals surface area contributed by atoms with Crippen LogP contribution in [0.5, 0.6) is 0 Å². The average Bonchev–Trinajstić information content (AvgIpc) is 2.89. The quantitative estimate of drug-likeness (QED) is 0.833. The van der Waals surface area contributed by atoms with Gasteiger partial charge in [0, 0.05) is 22.6 Å². The van der Waals surface area contributed by atoms with E-state index in [4.69, 9.17) is 0 Å². The summed E-state index contributed by atoms with van der Waals surface area (Å²) in [6, 6.07) is 1.75. The van der Waals surface area contributed by atoms with Crippen LogP contribution in [0.15, 0.2) is 22.1 Å². The molecule has 2 N–H and O–H groups in total. The molecule has 0 aliphatic carbocycles. The van der Waals surface area contributed by atoms with Crippen molar-refractivity contribution in [3.05, 3.63) is 33.4 Å². The molecule has 21 heavy (non-hydrogen) atoms. The number of hydrogen-bond donors (Lipinski definition) is 2. The minimum Gasteiger partial charge on any atom is -0.370 e. The van der Waals surface area contributed by atoms with E-state index in [1.807, 2.05) is 12.3 Å². The molecule has 112 valence electrons. The van der Waals surface area contributed by atoms with Gasteiger partial charge in [0.2, 0.25) is 0 Å². The summed E-state index contributed by atoms with van der Waals surface area (Å²) in [5.41, 5.74) is 1.47. The van der Waals surface area contributed by atoms with Crippen molar-refractivity contribution >= 4 is 44.1 Å². The zero-order chi connectivity index (χ0) is 15.4. The lowest BCUT2D eigenvalue weighted by molar-refractivity contribution is 0.102. The van der Waals surface area contributed by atoms with Crippen molar-refractivity contribution < 1.29 is 4.79 Å². The number of carbonyl (C=O) groups excluding carboxylic acids is 1. The van der Waals surface area contributed by atoms with E-state index in [0.717, 1.165) is 10.2 Å². The Balaban J connectivity index is 2.21. The van der Waals surface area contributed by atoms with Gasteiger partial charge < -0.3 is 5.32 Å². The Morgan fingerprint density at radius 2 is 2.24 bits per heavy atom. The summed E-state index contributed by atoms with van der Waals surface area (Å²) in [7, 11) is 0. The summed E-state index contributed by atoms with van der Waals surface area (Å²) in [5, 5.41) is 8.48. The van der Waals surface area contributed by atoms with E-state index in [2.05, 4.69) is 50.4 Å². The fourth-order valence-electron chi connectivity index (χ4n) is 1.69. The number of anilines is 2. The van der Waals surface area contributed by atoms with Crippen molar-refractivity contribution in [2.45, 2.75) is 26.7 Å². The van der Waals surface area contributed by atoms with Gasteiger partial charge in [-0.05, 0) is 34.8 Å². The van der Waals surface area contributed by atoms with Crippen LogP contribution >= 0.6 is 27.3 Å². The van der Waals surface area contributed by atoms with Crippen molar-refractivity contribution in [3.8, 4) is 0 Å². The van der Waals surface area contributed by atoms with E-state index >= 15 is 0 Å². The molecule has 0 radical (unpaired) electrons. The lowest BCUT2D eigenvalue weighted by Crippen LogP contribution is -2.15. The summed E-state index contributed by atoms with van der Waals surface area (Å²) in [6.45, 7) is 6.80. The van der Waals surface area contributed by atoms with Crippen molar-refractivity contribution in [1.29, 1.82) is 0 Å². The molecule has 0 saturated carbocycles. The van der Waals surface area contributed by atoms with Gasteiger partial charge >= 0.3 is 0 Å². The van der Waals surface area contributed by atoms with Crippen LogP contribution in [-0.4, -0.2) is 22.4 Å². The van der Waals surface area contributed by atoms with Crippen LogP contribution in [0.3, 0.4) is 0 Å². The summed E-state index contributed by atoms with van der Waals surface area (Å²) >= 11 is 4.77. The third-order valence-electron chi connectivity index (χ3n) is 2.78. The number of halogens is 1. The molecule has 0 bridgehead atoms. The minimum atomic E-state index is -0.218. The molecule has 0 aliphatic rings. The Morgan fingerprint density at radius 3 is 2.86 bits per heavy atom. The van der Waals surface area contributed by atoms with Gasteiger partial charge in [-0.3, -0.25) is 10.1 Å². The van der Waals surface area contributed by atoms with Gasteiger partial charge in [-0.25, -0.2) is 9.97 Å². The number of nitrogens with zero attached hydrogens (tertiary/aromatic N) is 2. The Labute approximate surface area is 136 Å². The summed E-state index contributed by atoms with van der Waals surface area (Å²) in [4.78, 5) is 21.0. The fourth-order valence-corrected chi connectivity index (χ4v) is 2.89. The lowest BCUT2D eigenvalue weighted by atomic mass is 10.2. The molecule has 0 atom stereocenters. The van der Waals surface area contributed by atoms with Gasteiger partial charge in [0.15, 0.2) is 5.13 Å². The fraction of sp³-hybridized carbons (Fsp3) is 0.357. The number of carbonyl (C=O) groups is 1. The molecule has 2 aromatic heterocycles. The van der Waals surface area contributed by atoms with Crippen molar-refractivity contribution in [3.63, 3.8) is 0 Å². The van der Waals surface area contributed by atoms with Gasteiger partial charge in [0.25, 0.3) is 5.91 Å². The topological polar surface area (TPSA) is 66.9 Å². The van der Waals surface area contributed by atoms with Gasteiger partial charge in [-0.2, -0.15) is 0 Å². The predicted octanol–water partition coefficient (Wildman–Crippen LogP) is 4.11. The molecule has 5 nitrogen and oxygen atoms in total. The highest BCUT2D eigenvalue weighted by Crippen LogP contribution is 2.24. The Bertz CT molecular complexity index is 642. The summed E-state index contributed by atoms with van der Waals surface area (Å²) in [6.07, 6.45) is 1.66. The molecular formula is C14H17BrN4OS. The first-order valence-corrected chi connectivity index (χ1v) is 8.34. The number of amides is 1. The standard InChI is InChI=1S/C14H17BrN4OS/c1-4-16-12-10(5-9(15)6-17-12)13(20)19-14-18-11(7-21-14)8(2)3/h5-8H,4H2,1-3H3,(H,16,17)(H,18,19,20). The van der Waals surface area contributed by atoms with Gasteiger partial charge in [-0.15, -0.1) is 11.3 Å². The highest BCUT2D eigenvalue weighted by atomic mass is 79.9. The zero-order valence-electron chi connectivity index (χ0n) is 12.1. The van der Waals surface area contributed by atoms with Crippen LogP contribution in [0.25, 0.3) is 0 Å². The first-order chi connectivity index (χ1) is 10.0. The van der Waals surface area contributed by atoms with Crippen molar-refractivity contribution in [1.82, 2.24) is 9.97 Å². The second kappa shape index (κ2) is 7.00. The third kappa shape index (κ3) is 4.01. The predicted molar refractivity (Wildman–Crippen MR) is 90.3 cm³/mol. The molecule has 1 amide bonds. The van der Waals surface area contributed by atoms with E-state index in [1.165, 1.54) is 11.3 Å². The second-order valence-corrected chi connectivity index (χ2v) is 6.54. The number of rotatable bonds is 5. The monoisotopic (exact) mass is 368 g/mol. The van der Waals surface area contributed by atoms with E-state index in [9.17, 15) is 4.79 Å². The van der Waals surface area contributed by atoms with E-state index in [1.54, 1.807) is 12.3 Å². The molecule has 2 aromatic rings. The SMILES string of the molecule is CCNc1ncc(Br)cc1C(=O)Nc1nc(C(C)C)cs1. The second-order valence-electron chi connectivity index (χ2n) is 4.77. The summed E-state index contributed by atoms with van der Waals surface area (Å²) < 4.78 is 0.760. The third-order valence-corrected chi connectivity index (χ3v) is 3.99. The van der Waals surface area contributed by atoms with E-state index in [0.29, 0.717) is 29.0 Å². The van der Waals surface area contributed by atoms with Gasteiger partial charge in [-0.1, -0.05) is 13.8 Å². The Morgan fingerprint density at radius 1 is 1.48 bits per heavy atom. The van der Waals surface area contributed by atoms with Crippen LogP contribution in [0.2, 0.25) is 0 Å². The van der Waals surface area contributed by atoms with E-state index < -0.39 is 0 Å². The molecule has 0 saturated heterocycles. The van der Waals surface area contributed by atoms with Crippen LogP contribution in [-0.2, 0) is 0 Å². The molecule has 0 fully saturated rings. The zero-order valence-corrected chi connectivity index (χ0v) is 14.5. The summed E-state index contributed by atoms with van der Waals surface area (Å²) in [5.74, 6) is 0.694. The number of aromatic nitrogens is 2. The smallest absolute Gasteiger partial charge is 0.261 e. The first kappa shape index (κ1) is 15.9. The van der Waals surface area contributed by atoms with Crippen LogP contribution in [0, 0.1) is 0 Å². The Hall–Kier alpha value is -1.47. The lowest BCUT2D eigenvalue weighted by Gasteiger charge is -2.09. The molecular weight excluding hydrogens is 352 g/mol. The molecule has 0 spiro atoms. The van der Waals surface area contributed by atoms with Crippen molar-refractivity contribution in [2.75, 3.05) is 17.2 Å². The minimum absolute atomic E-state index is 0.218. The maximum absolute atomic E-state index is 12.4. The first-order valence-electron chi connectivity index (χ1n) is 6.67. The molecule has 7 heteroatoms. The average molecular weight is 369 g/mol. The number of hydrogen-bond acceptors (Lipinski definition) is 5. The highest BCUT2D eigenvalue weighted by Gasteiger charge is 2.15. The molecule has 0 aromatic carbocycles. The number of thiazole rings is 1. The molecule has 2 heterocycles. The number of pyridine rings is 1. The van der Waals surface area contributed by atoms with Crippen LogP contribution in [0.4, 0.5) is 10.9 Å². The largest absolute Gasteiger partial charge is 0.370 e. The van der Waals surface area contributed by atoms with E-state index in [-0.39, 0.29) is 5.91 Å². The van der Waals surface area contributed by atoms with Gasteiger partial charge in [0.05, 0.1) is 11.3 Å². The highest BCUT2D eigenvalue weighted by molar-refractivity contribution is 9.10. The molecule has 0 aliphatic heterocycles. The maximum atomic E-state index is 12.4. The number of nitrogens with one attached hydrogen (secondary N) is 2. The van der Waals surface area contributed by atoms with Crippen LogP contribution in [0.1, 0.15) is 42.7 Å². The maximum Gasteiger partial charge on any atom is 0.261 e. The van der Waals surface area contributed by atoms with Crippen LogP contribution < -0.4 is 10.6 Å². The van der Waals surface area contributed by atoms with Gasteiger partial charge in [0.1, 0.15) is 5.82 Å². The van der Waals surface area contributed by atoms with Crippen molar-refractivity contribution in [2.24, 2.45) is 0 Å². The molecule has 0 unspecified atom stereocenters. The molecule has 2 rings (SSSR count). The Kier molecular flexibility index (Phi) is 5.30. The normalized spacial score (nSPS) is 10.7.